The average molecular weight is 344 g/mol. The maximum absolute atomic E-state index is 12.9. The highest BCUT2D eigenvalue weighted by molar-refractivity contribution is 5.85. The van der Waals surface area contributed by atoms with Gasteiger partial charge < -0.3 is 10.2 Å². The van der Waals surface area contributed by atoms with E-state index in [2.05, 4.69) is 10.4 Å². The summed E-state index contributed by atoms with van der Waals surface area (Å²) >= 11 is 0. The standard InChI is InChI=1S/C18H21FN4O2/c19-14-4-6-16(7-5-14)23-12-9-15(21-23)8-10-20-17(24)13-22-11-2-1-3-18(22)25/h4-7,9,12H,1-3,8,10-11,13H2,(H,20,24). The lowest BCUT2D eigenvalue weighted by atomic mass is 10.1. The van der Waals surface area contributed by atoms with Gasteiger partial charge in [-0.1, -0.05) is 0 Å². The van der Waals surface area contributed by atoms with E-state index in [0.29, 0.717) is 25.9 Å². The van der Waals surface area contributed by atoms with E-state index < -0.39 is 0 Å². The monoisotopic (exact) mass is 344 g/mol. The summed E-state index contributed by atoms with van der Waals surface area (Å²) in [5.41, 5.74) is 1.61. The minimum Gasteiger partial charge on any atom is -0.354 e. The van der Waals surface area contributed by atoms with Gasteiger partial charge in [0.15, 0.2) is 0 Å². The van der Waals surface area contributed by atoms with Gasteiger partial charge in [-0.15, -0.1) is 0 Å². The van der Waals surface area contributed by atoms with E-state index in [1.807, 2.05) is 6.07 Å². The Morgan fingerprint density at radius 2 is 2.00 bits per heavy atom. The fourth-order valence-corrected chi connectivity index (χ4v) is 2.82. The van der Waals surface area contributed by atoms with Gasteiger partial charge in [-0.05, 0) is 43.2 Å². The highest BCUT2D eigenvalue weighted by atomic mass is 19.1. The van der Waals surface area contributed by atoms with Crippen molar-refractivity contribution < 1.29 is 14.0 Å². The average Bonchev–Trinajstić information content (AvgIpc) is 3.06. The van der Waals surface area contributed by atoms with Crippen LogP contribution in [-0.4, -0.2) is 46.1 Å². The zero-order chi connectivity index (χ0) is 17.6. The molecule has 0 bridgehead atoms. The van der Waals surface area contributed by atoms with Crippen LogP contribution >= 0.6 is 0 Å². The largest absolute Gasteiger partial charge is 0.354 e. The number of hydrogen-bond donors (Lipinski definition) is 1. The molecule has 1 saturated heterocycles. The Labute approximate surface area is 145 Å². The number of rotatable bonds is 6. The van der Waals surface area contributed by atoms with Gasteiger partial charge in [0, 0.05) is 32.1 Å². The molecule has 1 fully saturated rings. The number of halogens is 1. The highest BCUT2D eigenvalue weighted by Crippen LogP contribution is 2.10. The van der Waals surface area contributed by atoms with Crippen molar-refractivity contribution in [3.05, 3.63) is 48.0 Å². The number of hydrogen-bond acceptors (Lipinski definition) is 3. The summed E-state index contributed by atoms with van der Waals surface area (Å²) in [6.45, 7) is 1.25. The topological polar surface area (TPSA) is 67.2 Å². The molecule has 1 N–H and O–H groups in total. The first-order valence-corrected chi connectivity index (χ1v) is 8.47. The van der Waals surface area contributed by atoms with Crippen LogP contribution in [-0.2, 0) is 16.0 Å². The number of piperidine rings is 1. The van der Waals surface area contributed by atoms with E-state index in [1.165, 1.54) is 12.1 Å². The summed E-state index contributed by atoms with van der Waals surface area (Å²) in [4.78, 5) is 25.2. The van der Waals surface area contributed by atoms with Gasteiger partial charge in [0.05, 0.1) is 17.9 Å². The van der Waals surface area contributed by atoms with Gasteiger partial charge in [0.1, 0.15) is 5.82 Å². The predicted octanol–water partition coefficient (Wildman–Crippen LogP) is 1.68. The van der Waals surface area contributed by atoms with Gasteiger partial charge in [0.25, 0.3) is 0 Å². The lowest BCUT2D eigenvalue weighted by Gasteiger charge is -2.25. The quantitative estimate of drug-likeness (QED) is 0.867. The van der Waals surface area contributed by atoms with E-state index >= 15 is 0 Å². The number of carbonyl (C=O) groups excluding carboxylic acids is 2. The number of likely N-dealkylation sites (tertiary alicyclic amines) is 1. The normalized spacial score (nSPS) is 14.6. The van der Waals surface area contributed by atoms with Crippen LogP contribution in [0.5, 0.6) is 0 Å². The summed E-state index contributed by atoms with van der Waals surface area (Å²) < 4.78 is 14.6. The Morgan fingerprint density at radius 1 is 1.20 bits per heavy atom. The van der Waals surface area contributed by atoms with Gasteiger partial charge in [-0.25, -0.2) is 9.07 Å². The molecule has 0 atom stereocenters. The van der Waals surface area contributed by atoms with Crippen LogP contribution in [0.15, 0.2) is 36.5 Å². The molecule has 1 aromatic heterocycles. The second kappa shape index (κ2) is 7.92. The van der Waals surface area contributed by atoms with E-state index in [0.717, 1.165) is 24.2 Å². The minimum absolute atomic E-state index is 0.0550. The molecule has 0 radical (unpaired) electrons. The third-order valence-corrected chi connectivity index (χ3v) is 4.19. The fourth-order valence-electron chi connectivity index (χ4n) is 2.82. The maximum Gasteiger partial charge on any atom is 0.239 e. The van der Waals surface area contributed by atoms with Gasteiger partial charge in [0.2, 0.25) is 11.8 Å². The molecule has 1 aliphatic heterocycles. The summed E-state index contributed by atoms with van der Waals surface area (Å²) in [5.74, 6) is -0.376. The van der Waals surface area contributed by atoms with E-state index in [9.17, 15) is 14.0 Å². The SMILES string of the molecule is O=C(CN1CCCCC1=O)NCCc1ccn(-c2ccc(F)cc2)n1. The van der Waals surface area contributed by atoms with Crippen molar-refractivity contribution in [2.45, 2.75) is 25.7 Å². The van der Waals surface area contributed by atoms with Crippen molar-refractivity contribution in [1.82, 2.24) is 20.0 Å². The summed E-state index contributed by atoms with van der Waals surface area (Å²) in [6.07, 6.45) is 4.80. The molecule has 7 heteroatoms. The molecule has 0 saturated carbocycles. The minimum atomic E-state index is -0.286. The first kappa shape index (κ1) is 17.1. The zero-order valence-corrected chi connectivity index (χ0v) is 13.9. The molecule has 132 valence electrons. The van der Waals surface area contributed by atoms with Crippen LogP contribution in [0.1, 0.15) is 25.0 Å². The second-order valence-electron chi connectivity index (χ2n) is 6.10. The first-order valence-electron chi connectivity index (χ1n) is 8.47. The van der Waals surface area contributed by atoms with Gasteiger partial charge in [-0.3, -0.25) is 9.59 Å². The van der Waals surface area contributed by atoms with Crippen molar-refractivity contribution in [2.24, 2.45) is 0 Å². The molecule has 0 aliphatic carbocycles. The molecule has 2 heterocycles. The number of benzene rings is 1. The van der Waals surface area contributed by atoms with Crippen LogP contribution in [0.3, 0.4) is 0 Å². The van der Waals surface area contributed by atoms with Crippen LogP contribution in [0, 0.1) is 5.82 Å². The van der Waals surface area contributed by atoms with Crippen molar-refractivity contribution in [3.8, 4) is 5.69 Å². The van der Waals surface area contributed by atoms with Crippen molar-refractivity contribution >= 4 is 11.8 Å². The summed E-state index contributed by atoms with van der Waals surface area (Å²) in [7, 11) is 0. The highest BCUT2D eigenvalue weighted by Gasteiger charge is 2.20. The predicted molar refractivity (Wildman–Crippen MR) is 90.7 cm³/mol. The Morgan fingerprint density at radius 3 is 2.76 bits per heavy atom. The fraction of sp³-hybridized carbons (Fsp3) is 0.389. The number of aromatic nitrogens is 2. The van der Waals surface area contributed by atoms with Crippen LogP contribution in [0.25, 0.3) is 5.69 Å². The molecule has 1 aliphatic rings. The van der Waals surface area contributed by atoms with Gasteiger partial charge in [-0.2, -0.15) is 5.10 Å². The maximum atomic E-state index is 12.9. The molecular weight excluding hydrogens is 323 g/mol. The third kappa shape index (κ3) is 4.65. The molecule has 2 aromatic rings. The zero-order valence-electron chi connectivity index (χ0n) is 13.9. The molecular formula is C18H21FN4O2. The number of carbonyl (C=O) groups is 2. The van der Waals surface area contributed by atoms with Crippen LogP contribution < -0.4 is 5.32 Å². The number of amides is 2. The Kier molecular flexibility index (Phi) is 5.42. The second-order valence-corrected chi connectivity index (χ2v) is 6.10. The summed E-state index contributed by atoms with van der Waals surface area (Å²) in [5, 5.41) is 7.24. The molecule has 3 rings (SSSR count). The Balaban J connectivity index is 1.45. The lowest BCUT2D eigenvalue weighted by Crippen LogP contribution is -2.43. The van der Waals surface area contributed by atoms with E-state index in [1.54, 1.807) is 27.9 Å². The van der Waals surface area contributed by atoms with Crippen molar-refractivity contribution in [1.29, 1.82) is 0 Å². The summed E-state index contributed by atoms with van der Waals surface area (Å²) in [6, 6.07) is 7.95. The lowest BCUT2D eigenvalue weighted by molar-refractivity contribution is -0.137. The van der Waals surface area contributed by atoms with Crippen molar-refractivity contribution in [3.63, 3.8) is 0 Å². The molecule has 2 amide bonds. The van der Waals surface area contributed by atoms with E-state index in [-0.39, 0.29) is 24.2 Å². The molecule has 25 heavy (non-hydrogen) atoms. The Hall–Kier alpha value is -2.70. The molecule has 0 spiro atoms. The first-order chi connectivity index (χ1) is 12.1. The molecule has 0 unspecified atom stereocenters. The van der Waals surface area contributed by atoms with Crippen LogP contribution in [0.4, 0.5) is 4.39 Å². The third-order valence-electron chi connectivity index (χ3n) is 4.19. The molecule has 6 nitrogen and oxygen atoms in total. The number of nitrogens with one attached hydrogen (secondary N) is 1. The van der Waals surface area contributed by atoms with Crippen LogP contribution in [0.2, 0.25) is 0 Å². The number of nitrogens with zero attached hydrogens (tertiary/aromatic N) is 3. The van der Waals surface area contributed by atoms with E-state index in [4.69, 9.17) is 0 Å². The van der Waals surface area contributed by atoms with Gasteiger partial charge >= 0.3 is 0 Å². The molecule has 1 aromatic carbocycles. The van der Waals surface area contributed by atoms with Crippen molar-refractivity contribution in [2.75, 3.05) is 19.6 Å². The smallest absolute Gasteiger partial charge is 0.239 e. The Bertz CT molecular complexity index is 742.